The molecule has 1 heterocycles. The van der Waals surface area contributed by atoms with E-state index in [1.54, 1.807) is 0 Å². The van der Waals surface area contributed by atoms with Gasteiger partial charge in [-0.25, -0.2) is 0 Å². The molecule has 4 heteroatoms. The zero-order chi connectivity index (χ0) is 12.8. The van der Waals surface area contributed by atoms with Gasteiger partial charge in [0.1, 0.15) is 0 Å². The summed E-state index contributed by atoms with van der Waals surface area (Å²) in [4.78, 5) is 14.1. The van der Waals surface area contributed by atoms with Crippen molar-refractivity contribution in [1.82, 2.24) is 4.90 Å². The van der Waals surface area contributed by atoms with E-state index in [0.717, 1.165) is 31.0 Å². The summed E-state index contributed by atoms with van der Waals surface area (Å²) in [7, 11) is 0. The Labute approximate surface area is 113 Å². The summed E-state index contributed by atoms with van der Waals surface area (Å²) in [5, 5.41) is 3.79. The summed E-state index contributed by atoms with van der Waals surface area (Å²) in [6.07, 6.45) is 1.14. The van der Waals surface area contributed by atoms with Gasteiger partial charge in [-0.15, -0.1) is 0 Å². The van der Waals surface area contributed by atoms with Gasteiger partial charge in [-0.3, -0.25) is 4.79 Å². The van der Waals surface area contributed by atoms with E-state index >= 15 is 0 Å². The van der Waals surface area contributed by atoms with E-state index in [-0.39, 0.29) is 5.91 Å². The van der Waals surface area contributed by atoms with E-state index < -0.39 is 0 Å². The normalized spacial score (nSPS) is 19.6. The fourth-order valence-electron chi connectivity index (χ4n) is 2.04. The summed E-state index contributed by atoms with van der Waals surface area (Å²) in [6.45, 7) is 4.37. The number of hydrogen-bond donors (Lipinski definition) is 1. The van der Waals surface area contributed by atoms with Crippen molar-refractivity contribution in [1.29, 1.82) is 0 Å². The molecule has 1 atom stereocenters. The van der Waals surface area contributed by atoms with Crippen molar-refractivity contribution in [2.45, 2.75) is 18.6 Å². The third kappa shape index (κ3) is 3.67. The van der Waals surface area contributed by atoms with Crippen LogP contribution in [0, 0.1) is 0 Å². The van der Waals surface area contributed by atoms with Gasteiger partial charge in [-0.05, 0) is 18.6 Å². The van der Waals surface area contributed by atoms with Crippen molar-refractivity contribution in [2.75, 3.05) is 30.7 Å². The molecule has 1 aliphatic heterocycles. The molecule has 1 aromatic rings. The zero-order valence-electron chi connectivity index (χ0n) is 10.8. The van der Waals surface area contributed by atoms with Crippen molar-refractivity contribution in [2.24, 2.45) is 0 Å². The maximum Gasteiger partial charge on any atom is 0.241 e. The Morgan fingerprint density at radius 1 is 1.44 bits per heavy atom. The van der Waals surface area contributed by atoms with Crippen molar-refractivity contribution < 1.29 is 4.79 Å². The van der Waals surface area contributed by atoms with Crippen LogP contribution in [0.5, 0.6) is 0 Å². The largest absolute Gasteiger partial charge is 0.376 e. The highest BCUT2D eigenvalue weighted by Gasteiger charge is 2.22. The molecule has 0 aliphatic carbocycles. The average Bonchev–Trinajstić information content (AvgIpc) is 2.46. The molecule has 3 nitrogen and oxygen atoms in total. The summed E-state index contributed by atoms with van der Waals surface area (Å²) < 4.78 is 0. The van der Waals surface area contributed by atoms with Gasteiger partial charge in [0.15, 0.2) is 0 Å². The maximum atomic E-state index is 12.1. The van der Waals surface area contributed by atoms with E-state index in [4.69, 9.17) is 0 Å². The van der Waals surface area contributed by atoms with Gasteiger partial charge in [-0.2, -0.15) is 11.8 Å². The molecule has 1 amide bonds. The molecule has 2 rings (SSSR count). The Hall–Kier alpha value is -1.16. The Balaban J connectivity index is 1.81. The standard InChI is InChI=1S/C14H20N2OS/c1-2-13-11-16(8-9-18-13)14(17)10-15-12-6-4-3-5-7-12/h3-7,13,15H,2,8-11H2,1H3. The fraction of sp³-hybridized carbons (Fsp3) is 0.500. The molecule has 1 unspecified atom stereocenters. The van der Waals surface area contributed by atoms with Crippen LogP contribution < -0.4 is 5.32 Å². The Bertz CT molecular complexity index is 383. The molecule has 0 radical (unpaired) electrons. The Morgan fingerprint density at radius 3 is 2.94 bits per heavy atom. The van der Waals surface area contributed by atoms with Gasteiger partial charge in [0.05, 0.1) is 6.54 Å². The van der Waals surface area contributed by atoms with Crippen LogP contribution in [-0.2, 0) is 4.79 Å². The SMILES string of the molecule is CCC1CN(C(=O)CNc2ccccc2)CCS1. The zero-order valence-corrected chi connectivity index (χ0v) is 11.6. The predicted octanol–water partition coefficient (Wildman–Crippen LogP) is 2.45. The van der Waals surface area contributed by atoms with E-state index in [0.29, 0.717) is 11.8 Å². The van der Waals surface area contributed by atoms with E-state index in [9.17, 15) is 4.79 Å². The second-order valence-corrected chi connectivity index (χ2v) is 5.87. The summed E-state index contributed by atoms with van der Waals surface area (Å²) in [6, 6.07) is 9.87. The van der Waals surface area contributed by atoms with Gasteiger partial charge in [0.2, 0.25) is 5.91 Å². The quantitative estimate of drug-likeness (QED) is 0.906. The van der Waals surface area contributed by atoms with Gasteiger partial charge in [-0.1, -0.05) is 25.1 Å². The van der Waals surface area contributed by atoms with E-state index in [2.05, 4.69) is 12.2 Å². The van der Waals surface area contributed by atoms with Crippen LogP contribution in [0.2, 0.25) is 0 Å². The lowest BCUT2D eigenvalue weighted by Crippen LogP contribution is -2.44. The molecular weight excluding hydrogens is 244 g/mol. The minimum Gasteiger partial charge on any atom is -0.376 e. The third-order valence-electron chi connectivity index (χ3n) is 3.16. The number of carbonyl (C=O) groups is 1. The molecular formula is C14H20N2OS. The monoisotopic (exact) mass is 264 g/mol. The summed E-state index contributed by atoms with van der Waals surface area (Å²) in [5.74, 6) is 1.27. The number of amides is 1. The lowest BCUT2D eigenvalue weighted by molar-refractivity contribution is -0.129. The molecule has 0 saturated carbocycles. The summed E-state index contributed by atoms with van der Waals surface area (Å²) in [5.41, 5.74) is 1.00. The topological polar surface area (TPSA) is 32.3 Å². The first-order chi connectivity index (χ1) is 8.79. The molecule has 1 N–H and O–H groups in total. The van der Waals surface area contributed by atoms with Crippen molar-refractivity contribution in [3.63, 3.8) is 0 Å². The van der Waals surface area contributed by atoms with Crippen LogP contribution >= 0.6 is 11.8 Å². The molecule has 1 fully saturated rings. The highest BCUT2D eigenvalue weighted by molar-refractivity contribution is 8.00. The van der Waals surface area contributed by atoms with Crippen molar-refractivity contribution in [3.05, 3.63) is 30.3 Å². The average molecular weight is 264 g/mol. The molecule has 1 saturated heterocycles. The van der Waals surface area contributed by atoms with Crippen LogP contribution in [0.15, 0.2) is 30.3 Å². The molecule has 1 aliphatic rings. The second kappa shape index (κ2) is 6.69. The van der Waals surface area contributed by atoms with Gasteiger partial charge >= 0.3 is 0 Å². The Morgan fingerprint density at radius 2 is 2.22 bits per heavy atom. The number of benzene rings is 1. The van der Waals surface area contributed by atoms with Crippen molar-refractivity contribution in [3.8, 4) is 0 Å². The summed E-state index contributed by atoms with van der Waals surface area (Å²) >= 11 is 1.98. The van der Waals surface area contributed by atoms with Gasteiger partial charge in [0, 0.05) is 29.8 Å². The van der Waals surface area contributed by atoms with E-state index in [1.165, 1.54) is 0 Å². The minimum absolute atomic E-state index is 0.206. The Kier molecular flexibility index (Phi) is 4.93. The molecule has 0 bridgehead atoms. The smallest absolute Gasteiger partial charge is 0.241 e. The molecule has 0 aromatic heterocycles. The van der Waals surface area contributed by atoms with Gasteiger partial charge in [0.25, 0.3) is 0 Å². The number of carbonyl (C=O) groups excluding carboxylic acids is 1. The van der Waals surface area contributed by atoms with Crippen LogP contribution in [-0.4, -0.2) is 41.4 Å². The lowest BCUT2D eigenvalue weighted by Gasteiger charge is -2.32. The van der Waals surface area contributed by atoms with Crippen LogP contribution in [0.25, 0.3) is 0 Å². The highest BCUT2D eigenvalue weighted by atomic mass is 32.2. The molecule has 18 heavy (non-hydrogen) atoms. The predicted molar refractivity (Wildman–Crippen MR) is 78.0 cm³/mol. The maximum absolute atomic E-state index is 12.1. The number of nitrogens with zero attached hydrogens (tertiary/aromatic N) is 1. The molecule has 0 spiro atoms. The molecule has 98 valence electrons. The first kappa shape index (κ1) is 13.3. The first-order valence-corrected chi connectivity index (χ1v) is 7.52. The number of thioether (sulfide) groups is 1. The van der Waals surface area contributed by atoms with Gasteiger partial charge < -0.3 is 10.2 Å². The number of nitrogens with one attached hydrogen (secondary N) is 1. The molecule has 1 aromatic carbocycles. The first-order valence-electron chi connectivity index (χ1n) is 6.48. The van der Waals surface area contributed by atoms with E-state index in [1.807, 2.05) is 47.0 Å². The van der Waals surface area contributed by atoms with Crippen molar-refractivity contribution >= 4 is 23.4 Å². The number of hydrogen-bond acceptors (Lipinski definition) is 3. The third-order valence-corrected chi connectivity index (χ3v) is 4.54. The fourth-order valence-corrected chi connectivity index (χ4v) is 3.22. The number of para-hydroxylation sites is 1. The highest BCUT2D eigenvalue weighted by Crippen LogP contribution is 2.21. The lowest BCUT2D eigenvalue weighted by atomic mass is 10.3. The number of rotatable bonds is 4. The van der Waals surface area contributed by atoms with Crippen LogP contribution in [0.1, 0.15) is 13.3 Å². The number of anilines is 1. The van der Waals surface area contributed by atoms with Crippen LogP contribution in [0.4, 0.5) is 5.69 Å². The van der Waals surface area contributed by atoms with Crippen LogP contribution in [0.3, 0.4) is 0 Å². The minimum atomic E-state index is 0.206. The second-order valence-electron chi connectivity index (χ2n) is 4.46.